The van der Waals surface area contributed by atoms with Gasteiger partial charge in [-0.15, -0.1) is 0 Å². The molecular weight excluding hydrogens is 550 g/mol. The molecule has 2 aliphatic rings. The van der Waals surface area contributed by atoms with Gasteiger partial charge in [-0.2, -0.15) is 0 Å². The molecular formula is C33H37N3O5S. The first-order chi connectivity index (χ1) is 20.4. The van der Waals surface area contributed by atoms with Crippen LogP contribution in [0.15, 0.2) is 69.9 Å². The average molecular weight is 588 g/mol. The van der Waals surface area contributed by atoms with E-state index in [1.54, 1.807) is 38.3 Å². The molecule has 3 aromatic rings. The summed E-state index contributed by atoms with van der Waals surface area (Å²) in [7, 11) is 1.59. The summed E-state index contributed by atoms with van der Waals surface area (Å²) in [5, 5.41) is 12.6. The van der Waals surface area contributed by atoms with E-state index >= 15 is 0 Å². The number of nitrogens with zero attached hydrogens (tertiary/aromatic N) is 3. The number of thioether (sulfide) groups is 1. The van der Waals surface area contributed by atoms with Gasteiger partial charge in [-0.3, -0.25) is 4.79 Å². The van der Waals surface area contributed by atoms with E-state index in [0.29, 0.717) is 21.4 Å². The normalized spacial score (nSPS) is 17.7. The Morgan fingerprint density at radius 3 is 2.45 bits per heavy atom. The first kappa shape index (κ1) is 29.5. The second kappa shape index (κ2) is 13.3. The summed E-state index contributed by atoms with van der Waals surface area (Å²) in [6.45, 7) is 5.87. The summed E-state index contributed by atoms with van der Waals surface area (Å²) < 4.78 is 12.5. The van der Waals surface area contributed by atoms with Gasteiger partial charge in [-0.05, 0) is 62.1 Å². The second-order valence-electron chi connectivity index (χ2n) is 10.3. The summed E-state index contributed by atoms with van der Waals surface area (Å²) in [5.74, 6) is 0.0194. The predicted molar refractivity (Wildman–Crippen MR) is 168 cm³/mol. The van der Waals surface area contributed by atoms with Crippen molar-refractivity contribution in [2.24, 2.45) is 4.99 Å². The molecule has 1 saturated heterocycles. The highest BCUT2D eigenvalue weighted by Crippen LogP contribution is 2.41. The lowest BCUT2D eigenvalue weighted by Crippen LogP contribution is -2.34. The third-order valence-corrected chi connectivity index (χ3v) is 8.64. The van der Waals surface area contributed by atoms with Gasteiger partial charge in [0.05, 0.1) is 29.8 Å². The van der Waals surface area contributed by atoms with Gasteiger partial charge in [-0.25, -0.2) is 9.79 Å². The minimum Gasteiger partial charge on any atom is -0.506 e. The van der Waals surface area contributed by atoms with E-state index in [-0.39, 0.29) is 30.4 Å². The molecule has 2 aliphatic heterocycles. The molecule has 1 aromatic heterocycles. The topological polar surface area (TPSA) is 93.4 Å². The highest BCUT2D eigenvalue weighted by molar-refractivity contribution is 8.18. The molecule has 0 saturated carbocycles. The number of benzene rings is 2. The number of amides is 1. The molecule has 3 heterocycles. The lowest BCUT2D eigenvalue weighted by molar-refractivity contribution is -0.138. The maximum Gasteiger partial charge on any atom is 0.344 e. The van der Waals surface area contributed by atoms with Crippen LogP contribution < -0.4 is 4.74 Å². The highest BCUT2D eigenvalue weighted by atomic mass is 32.2. The number of methoxy groups -OCH3 is 1. The van der Waals surface area contributed by atoms with Crippen LogP contribution in [0.4, 0.5) is 5.69 Å². The van der Waals surface area contributed by atoms with E-state index < -0.39 is 5.97 Å². The second-order valence-corrected chi connectivity index (χ2v) is 11.4. The van der Waals surface area contributed by atoms with Gasteiger partial charge in [0.15, 0.2) is 0 Å². The minimum absolute atomic E-state index is 0.0400. The lowest BCUT2D eigenvalue weighted by Gasteiger charge is -2.21. The summed E-state index contributed by atoms with van der Waals surface area (Å²) in [6, 6.07) is 13.3. The van der Waals surface area contributed by atoms with Gasteiger partial charge in [0.1, 0.15) is 28.7 Å². The molecule has 1 N–H and O–H groups in total. The van der Waals surface area contributed by atoms with Gasteiger partial charge in [-0.1, -0.05) is 49.7 Å². The molecule has 1 fully saturated rings. The van der Waals surface area contributed by atoms with Crippen molar-refractivity contribution in [2.45, 2.75) is 52.5 Å². The molecule has 0 radical (unpaired) electrons. The molecule has 0 spiro atoms. The fourth-order valence-corrected chi connectivity index (χ4v) is 6.49. The van der Waals surface area contributed by atoms with Crippen molar-refractivity contribution in [1.82, 2.24) is 9.47 Å². The van der Waals surface area contributed by atoms with Crippen molar-refractivity contribution < 1.29 is 24.2 Å². The molecule has 0 bridgehead atoms. The number of carbonyl (C=O) groups excluding carboxylic acids is 2. The average Bonchev–Trinajstić information content (AvgIpc) is 3.33. The number of likely N-dealkylation sites (tertiary alicyclic amines) is 1. The summed E-state index contributed by atoms with van der Waals surface area (Å²) >= 11 is 1.22. The van der Waals surface area contributed by atoms with Crippen LogP contribution in [0.5, 0.6) is 5.75 Å². The molecule has 5 rings (SSSR count). The van der Waals surface area contributed by atoms with E-state index in [9.17, 15) is 14.7 Å². The van der Waals surface area contributed by atoms with Crippen molar-refractivity contribution in [3.8, 4) is 5.75 Å². The summed E-state index contributed by atoms with van der Waals surface area (Å²) in [5.41, 5.74) is 3.67. The maximum absolute atomic E-state index is 13.4. The van der Waals surface area contributed by atoms with Crippen molar-refractivity contribution in [3.05, 3.63) is 76.0 Å². The SMILES string of the molecule is CCOC(=O)C1=C(O)/C(=C/c2cn(CC(=O)N3CCCCCC3)c3c(CC)cccc23)SC1=Nc1ccc(OC)cc1. The number of aliphatic hydroxyl groups excluding tert-OH is 1. The van der Waals surface area contributed by atoms with Crippen molar-refractivity contribution in [3.63, 3.8) is 0 Å². The monoisotopic (exact) mass is 587 g/mol. The fourth-order valence-electron chi connectivity index (χ4n) is 5.46. The Kier molecular flexibility index (Phi) is 9.37. The molecule has 220 valence electrons. The van der Waals surface area contributed by atoms with Gasteiger partial charge < -0.3 is 24.0 Å². The van der Waals surface area contributed by atoms with E-state index in [4.69, 9.17) is 9.47 Å². The Hall–Kier alpha value is -3.98. The van der Waals surface area contributed by atoms with Crippen LogP contribution in [0.3, 0.4) is 0 Å². The smallest absolute Gasteiger partial charge is 0.344 e. The van der Waals surface area contributed by atoms with Crippen LogP contribution in [0.2, 0.25) is 0 Å². The van der Waals surface area contributed by atoms with Crippen molar-refractivity contribution in [2.75, 3.05) is 26.8 Å². The quantitative estimate of drug-likeness (QED) is 0.291. The maximum atomic E-state index is 13.4. The number of aliphatic imine (C=N–C) groups is 1. The fraction of sp³-hybridized carbons (Fsp3) is 0.364. The number of aryl methyl sites for hydroxylation is 1. The number of ether oxygens (including phenoxy) is 2. The Bertz CT molecular complexity index is 1560. The number of aromatic nitrogens is 1. The van der Waals surface area contributed by atoms with Crippen LogP contribution in [0.1, 0.15) is 50.7 Å². The Balaban J connectivity index is 1.54. The zero-order chi connectivity index (χ0) is 29.6. The van der Waals surface area contributed by atoms with E-state index in [1.165, 1.54) is 24.6 Å². The lowest BCUT2D eigenvalue weighted by atomic mass is 10.1. The first-order valence-electron chi connectivity index (χ1n) is 14.5. The van der Waals surface area contributed by atoms with Crippen LogP contribution in [0, 0.1) is 0 Å². The highest BCUT2D eigenvalue weighted by Gasteiger charge is 2.33. The Morgan fingerprint density at radius 1 is 1.05 bits per heavy atom. The molecule has 0 unspecified atom stereocenters. The van der Waals surface area contributed by atoms with E-state index in [2.05, 4.69) is 18.0 Å². The zero-order valence-electron chi connectivity index (χ0n) is 24.4. The Morgan fingerprint density at radius 2 is 1.79 bits per heavy atom. The molecule has 2 aromatic carbocycles. The van der Waals surface area contributed by atoms with E-state index in [0.717, 1.165) is 54.4 Å². The molecule has 1 amide bonds. The first-order valence-corrected chi connectivity index (χ1v) is 15.4. The van der Waals surface area contributed by atoms with Crippen LogP contribution in [-0.2, 0) is 27.3 Å². The van der Waals surface area contributed by atoms with Crippen molar-refractivity contribution >= 4 is 51.3 Å². The van der Waals surface area contributed by atoms with Gasteiger partial charge in [0, 0.05) is 30.2 Å². The number of para-hydroxylation sites is 1. The van der Waals surface area contributed by atoms with Gasteiger partial charge >= 0.3 is 5.97 Å². The van der Waals surface area contributed by atoms with E-state index in [1.807, 2.05) is 33.9 Å². The summed E-state index contributed by atoms with van der Waals surface area (Å²) in [4.78, 5) is 33.4. The summed E-state index contributed by atoms with van der Waals surface area (Å²) in [6.07, 6.45) is 9.08. The molecule has 0 atom stereocenters. The molecule has 8 nitrogen and oxygen atoms in total. The van der Waals surface area contributed by atoms with Crippen LogP contribution >= 0.6 is 11.8 Å². The number of fused-ring (bicyclic) bond motifs is 1. The molecule has 42 heavy (non-hydrogen) atoms. The number of hydrogen-bond acceptors (Lipinski definition) is 7. The van der Waals surface area contributed by atoms with Crippen molar-refractivity contribution in [1.29, 1.82) is 0 Å². The minimum atomic E-state index is -0.628. The molecule has 9 heteroatoms. The van der Waals surface area contributed by atoms with Crippen LogP contribution in [-0.4, -0.2) is 58.3 Å². The third kappa shape index (κ3) is 6.26. The number of hydrogen-bond donors (Lipinski definition) is 1. The van der Waals surface area contributed by atoms with Crippen LogP contribution in [0.25, 0.3) is 17.0 Å². The number of carbonyl (C=O) groups is 2. The number of rotatable bonds is 8. The standard InChI is InChI=1S/C33H37N3O5S/c1-4-22-11-10-12-26-23(20-36(30(22)26)21-28(37)35-17-8-6-7-9-18-35)19-27-31(38)29(33(39)41-5-2)32(42-27)34-24-13-15-25(40-3)16-14-24/h10-16,19-20,38H,4-9,17-18,21H2,1-3H3/b27-19-,34-32?. The van der Waals surface area contributed by atoms with Gasteiger partial charge in [0.2, 0.25) is 5.91 Å². The predicted octanol–water partition coefficient (Wildman–Crippen LogP) is 6.81. The Labute approximate surface area is 250 Å². The third-order valence-electron chi connectivity index (χ3n) is 7.62. The largest absolute Gasteiger partial charge is 0.506 e. The zero-order valence-corrected chi connectivity index (χ0v) is 25.2. The number of esters is 1. The number of aliphatic hydroxyl groups is 1. The van der Waals surface area contributed by atoms with Gasteiger partial charge in [0.25, 0.3) is 0 Å². The molecule has 0 aliphatic carbocycles.